The lowest BCUT2D eigenvalue weighted by atomic mass is 10.1. The van der Waals surface area contributed by atoms with Crippen LogP contribution in [0.5, 0.6) is 0 Å². The number of fused-ring (bicyclic) bond motifs is 1. The van der Waals surface area contributed by atoms with Crippen molar-refractivity contribution in [2.45, 2.75) is 4.90 Å². The van der Waals surface area contributed by atoms with Gasteiger partial charge in [-0.15, -0.1) is 0 Å². The summed E-state index contributed by atoms with van der Waals surface area (Å²) in [4.78, 5) is 2.39. The van der Waals surface area contributed by atoms with E-state index in [1.165, 1.54) is 0 Å². The highest BCUT2D eigenvalue weighted by Crippen LogP contribution is 2.31. The SMILES string of the molecule is CN(C)c1cccc2c(S(=O)(=O)N3CCNCCNCCNCC3)cccc12. The average molecular weight is 406 g/mol. The first kappa shape index (κ1) is 21.0. The van der Waals surface area contributed by atoms with Gasteiger partial charge in [0, 0.05) is 82.9 Å². The second-order valence-corrected chi connectivity index (χ2v) is 9.08. The molecular weight excluding hydrogens is 374 g/mol. The molecule has 0 unspecified atom stereocenters. The van der Waals surface area contributed by atoms with Crippen LogP contribution < -0.4 is 20.9 Å². The third-order valence-corrected chi connectivity index (χ3v) is 6.95. The van der Waals surface area contributed by atoms with Crippen molar-refractivity contribution in [3.8, 4) is 0 Å². The summed E-state index contributed by atoms with van der Waals surface area (Å²) in [5.74, 6) is 0. The predicted molar refractivity (Wildman–Crippen MR) is 116 cm³/mol. The van der Waals surface area contributed by atoms with Crippen molar-refractivity contribution in [3.05, 3.63) is 36.4 Å². The van der Waals surface area contributed by atoms with E-state index in [0.29, 0.717) is 31.1 Å². The van der Waals surface area contributed by atoms with Gasteiger partial charge in [0.25, 0.3) is 0 Å². The molecule has 0 atom stereocenters. The maximum atomic E-state index is 13.5. The number of rotatable bonds is 3. The lowest BCUT2D eigenvalue weighted by Gasteiger charge is -2.25. The smallest absolute Gasteiger partial charge is 0.243 e. The normalized spacial score (nSPS) is 18.4. The third kappa shape index (κ3) is 4.82. The Morgan fingerprint density at radius 1 is 0.786 bits per heavy atom. The molecule has 0 amide bonds. The maximum absolute atomic E-state index is 13.5. The van der Waals surface area contributed by atoms with Crippen LogP contribution in [0.4, 0.5) is 5.69 Å². The molecule has 154 valence electrons. The number of nitrogens with zero attached hydrogens (tertiary/aromatic N) is 2. The summed E-state index contributed by atoms with van der Waals surface area (Å²) in [6.07, 6.45) is 0. The third-order valence-electron chi connectivity index (χ3n) is 4.99. The number of hydrogen-bond donors (Lipinski definition) is 3. The van der Waals surface area contributed by atoms with Gasteiger partial charge in [0.1, 0.15) is 0 Å². The van der Waals surface area contributed by atoms with Gasteiger partial charge in [0.05, 0.1) is 4.90 Å². The fourth-order valence-corrected chi connectivity index (χ4v) is 5.15. The lowest BCUT2D eigenvalue weighted by molar-refractivity contribution is 0.393. The van der Waals surface area contributed by atoms with Gasteiger partial charge in [-0.05, 0) is 12.1 Å². The van der Waals surface area contributed by atoms with E-state index < -0.39 is 10.0 Å². The Morgan fingerprint density at radius 2 is 1.32 bits per heavy atom. The quantitative estimate of drug-likeness (QED) is 0.697. The fourth-order valence-electron chi connectivity index (χ4n) is 3.51. The summed E-state index contributed by atoms with van der Waals surface area (Å²) in [7, 11) is 0.341. The molecule has 7 nitrogen and oxygen atoms in total. The predicted octanol–water partition coefficient (Wildman–Crippen LogP) is 0.679. The van der Waals surface area contributed by atoms with Crippen LogP contribution in [-0.4, -0.2) is 79.2 Å². The Morgan fingerprint density at radius 3 is 1.93 bits per heavy atom. The first-order valence-electron chi connectivity index (χ1n) is 9.83. The summed E-state index contributed by atoms with van der Waals surface area (Å²) in [5, 5.41) is 11.7. The maximum Gasteiger partial charge on any atom is 0.243 e. The van der Waals surface area contributed by atoms with Gasteiger partial charge in [0.15, 0.2) is 0 Å². The van der Waals surface area contributed by atoms with Crippen molar-refractivity contribution in [2.24, 2.45) is 0 Å². The minimum absolute atomic E-state index is 0.377. The van der Waals surface area contributed by atoms with Gasteiger partial charge in [-0.25, -0.2) is 8.42 Å². The molecule has 2 aromatic carbocycles. The molecule has 1 heterocycles. The zero-order chi connectivity index (χ0) is 20.0. The first-order valence-corrected chi connectivity index (χ1v) is 11.3. The van der Waals surface area contributed by atoms with Crippen molar-refractivity contribution in [2.75, 3.05) is 71.4 Å². The molecule has 28 heavy (non-hydrogen) atoms. The van der Waals surface area contributed by atoms with Crippen LogP contribution in [0.25, 0.3) is 10.8 Å². The molecule has 3 rings (SSSR count). The monoisotopic (exact) mass is 405 g/mol. The molecule has 0 spiro atoms. The van der Waals surface area contributed by atoms with E-state index >= 15 is 0 Å². The Bertz CT molecular complexity index is 873. The van der Waals surface area contributed by atoms with Gasteiger partial charge >= 0.3 is 0 Å². The molecule has 3 N–H and O–H groups in total. The van der Waals surface area contributed by atoms with E-state index in [1.807, 2.05) is 49.3 Å². The van der Waals surface area contributed by atoms with Crippen LogP contribution in [-0.2, 0) is 10.0 Å². The van der Waals surface area contributed by atoms with Gasteiger partial charge < -0.3 is 20.9 Å². The van der Waals surface area contributed by atoms with Gasteiger partial charge in [0.2, 0.25) is 10.0 Å². The number of hydrogen-bond acceptors (Lipinski definition) is 6. The summed E-state index contributed by atoms with van der Waals surface area (Å²) < 4.78 is 28.7. The second-order valence-electron chi connectivity index (χ2n) is 7.18. The summed E-state index contributed by atoms with van der Waals surface area (Å²) in [5.41, 5.74) is 1.01. The summed E-state index contributed by atoms with van der Waals surface area (Å²) in [6.45, 7) is 5.59. The molecule has 1 saturated heterocycles. The van der Waals surface area contributed by atoms with Crippen LogP contribution in [0, 0.1) is 0 Å². The summed E-state index contributed by atoms with van der Waals surface area (Å²) >= 11 is 0. The van der Waals surface area contributed by atoms with E-state index in [1.54, 1.807) is 10.4 Å². The van der Waals surface area contributed by atoms with E-state index in [4.69, 9.17) is 0 Å². The van der Waals surface area contributed by atoms with Crippen LogP contribution >= 0.6 is 0 Å². The van der Waals surface area contributed by atoms with Gasteiger partial charge in [-0.1, -0.05) is 24.3 Å². The zero-order valence-electron chi connectivity index (χ0n) is 16.7. The average Bonchev–Trinajstić information content (AvgIpc) is 2.67. The summed E-state index contributed by atoms with van der Waals surface area (Å²) in [6, 6.07) is 11.4. The second kappa shape index (κ2) is 9.67. The standard InChI is InChI=1S/C20H31N5O2S/c1-24(2)19-7-3-6-18-17(19)5-4-8-20(18)28(26,27)25-15-13-22-11-9-21-10-12-23-14-16-25/h3-8,21-23H,9-16H2,1-2H3. The van der Waals surface area contributed by atoms with E-state index in [2.05, 4.69) is 16.0 Å². The number of nitrogens with one attached hydrogen (secondary N) is 3. The van der Waals surface area contributed by atoms with Crippen LogP contribution in [0.3, 0.4) is 0 Å². The lowest BCUT2D eigenvalue weighted by Crippen LogP contribution is -2.44. The number of benzene rings is 2. The van der Waals surface area contributed by atoms with Crippen LogP contribution in [0.2, 0.25) is 0 Å². The van der Waals surface area contributed by atoms with E-state index in [9.17, 15) is 8.42 Å². The number of sulfonamides is 1. The molecular formula is C20H31N5O2S. The largest absolute Gasteiger partial charge is 0.377 e. The fraction of sp³-hybridized carbons (Fsp3) is 0.500. The molecule has 1 fully saturated rings. The van der Waals surface area contributed by atoms with Crippen molar-refractivity contribution < 1.29 is 8.42 Å². The van der Waals surface area contributed by atoms with Crippen molar-refractivity contribution >= 4 is 26.5 Å². The topological polar surface area (TPSA) is 76.7 Å². The van der Waals surface area contributed by atoms with Crippen molar-refractivity contribution in [3.63, 3.8) is 0 Å². The van der Waals surface area contributed by atoms with E-state index in [-0.39, 0.29) is 0 Å². The molecule has 1 aliphatic heterocycles. The van der Waals surface area contributed by atoms with E-state index in [0.717, 1.165) is 42.6 Å². The molecule has 0 bridgehead atoms. The molecule has 0 aromatic heterocycles. The van der Waals surface area contributed by atoms with Gasteiger partial charge in [-0.2, -0.15) is 4.31 Å². The Labute approximate surface area is 168 Å². The minimum atomic E-state index is -3.60. The Kier molecular flexibility index (Phi) is 7.25. The van der Waals surface area contributed by atoms with Crippen LogP contribution in [0.1, 0.15) is 0 Å². The highest BCUT2D eigenvalue weighted by atomic mass is 32.2. The first-order chi connectivity index (χ1) is 13.5. The molecule has 2 aromatic rings. The highest BCUT2D eigenvalue weighted by molar-refractivity contribution is 7.89. The number of anilines is 1. The van der Waals surface area contributed by atoms with Gasteiger partial charge in [-0.3, -0.25) is 0 Å². The zero-order valence-corrected chi connectivity index (χ0v) is 17.6. The highest BCUT2D eigenvalue weighted by Gasteiger charge is 2.26. The Balaban J connectivity index is 1.94. The molecule has 0 saturated carbocycles. The molecule has 0 radical (unpaired) electrons. The molecule has 1 aliphatic rings. The Hall–Kier alpha value is -1.71. The van der Waals surface area contributed by atoms with Crippen molar-refractivity contribution in [1.29, 1.82) is 0 Å². The minimum Gasteiger partial charge on any atom is -0.377 e. The molecule has 8 heteroatoms. The van der Waals surface area contributed by atoms with Crippen molar-refractivity contribution in [1.82, 2.24) is 20.3 Å². The van der Waals surface area contributed by atoms with Crippen LogP contribution in [0.15, 0.2) is 41.3 Å². The molecule has 0 aliphatic carbocycles.